The van der Waals surface area contributed by atoms with E-state index in [1.165, 1.54) is 11.1 Å². The van der Waals surface area contributed by atoms with Crippen LogP contribution in [0.1, 0.15) is 36.3 Å². The summed E-state index contributed by atoms with van der Waals surface area (Å²) in [5.41, 5.74) is 4.45. The van der Waals surface area contributed by atoms with Crippen molar-refractivity contribution in [1.29, 1.82) is 0 Å². The third-order valence-electron chi connectivity index (χ3n) is 3.54. The van der Waals surface area contributed by atoms with Gasteiger partial charge in [0.15, 0.2) is 0 Å². The fourth-order valence-corrected chi connectivity index (χ4v) is 2.62. The van der Waals surface area contributed by atoms with Crippen LogP contribution in [0.5, 0.6) is 0 Å². The first-order chi connectivity index (χ1) is 9.33. The molecule has 1 aromatic carbocycles. The van der Waals surface area contributed by atoms with Gasteiger partial charge in [0.2, 0.25) is 0 Å². The molecule has 1 aliphatic heterocycles. The van der Waals surface area contributed by atoms with Gasteiger partial charge in [-0.15, -0.1) is 0 Å². The summed E-state index contributed by atoms with van der Waals surface area (Å²) < 4.78 is 5.41. The smallest absolute Gasteiger partial charge is 0.117 e. The molecule has 102 valence electrons. The predicted octanol–water partition coefficient (Wildman–Crippen LogP) is 4.17. The van der Waals surface area contributed by atoms with Gasteiger partial charge < -0.3 is 4.42 Å². The highest BCUT2D eigenvalue weighted by Crippen LogP contribution is 2.23. The van der Waals surface area contributed by atoms with Crippen molar-refractivity contribution in [1.82, 2.24) is 4.90 Å². The normalized spacial score (nSPS) is 14.5. The van der Waals surface area contributed by atoms with Gasteiger partial charge in [-0.3, -0.25) is 4.90 Å². The Bertz CT molecular complexity index is 502. The van der Waals surface area contributed by atoms with Gasteiger partial charge in [0.1, 0.15) is 5.76 Å². The van der Waals surface area contributed by atoms with E-state index in [1.54, 1.807) is 11.8 Å². The Morgan fingerprint density at radius 2 is 2.00 bits per heavy atom. The summed E-state index contributed by atoms with van der Waals surface area (Å²) in [6.45, 7) is 9.29. The Hall–Kier alpha value is -1.54. The van der Waals surface area contributed by atoms with Crippen molar-refractivity contribution >= 4 is 0 Å². The van der Waals surface area contributed by atoms with Gasteiger partial charge >= 0.3 is 0 Å². The van der Waals surface area contributed by atoms with E-state index in [1.807, 2.05) is 26.0 Å². The summed E-state index contributed by atoms with van der Waals surface area (Å²) in [5, 5.41) is 0. The molecule has 0 unspecified atom stereocenters. The molecule has 1 aliphatic rings. The van der Waals surface area contributed by atoms with Crippen molar-refractivity contribution in [3.05, 3.63) is 59.0 Å². The lowest BCUT2D eigenvalue weighted by Gasteiger charge is -2.28. The highest BCUT2D eigenvalue weighted by Gasteiger charge is 2.17. The van der Waals surface area contributed by atoms with Crippen molar-refractivity contribution in [2.24, 2.45) is 0 Å². The number of hydrogen-bond donors (Lipinski definition) is 0. The summed E-state index contributed by atoms with van der Waals surface area (Å²) in [6, 6.07) is 10.6. The summed E-state index contributed by atoms with van der Waals surface area (Å²) in [5.74, 6) is 1.06. The van der Waals surface area contributed by atoms with Crippen LogP contribution in [-0.2, 0) is 19.5 Å². The Morgan fingerprint density at radius 3 is 2.74 bits per heavy atom. The van der Waals surface area contributed by atoms with Crippen molar-refractivity contribution in [2.75, 3.05) is 6.54 Å². The van der Waals surface area contributed by atoms with Crippen molar-refractivity contribution in [3.8, 4) is 0 Å². The quantitative estimate of drug-likeness (QED) is 0.802. The SMILES string of the molecule is CC.Cc1cccc2c1CCN(Cc1ccco1)C2. The fourth-order valence-electron chi connectivity index (χ4n) is 2.62. The second-order valence-corrected chi connectivity index (χ2v) is 4.75. The lowest BCUT2D eigenvalue weighted by Crippen LogP contribution is -2.30. The van der Waals surface area contributed by atoms with Crippen LogP contribution in [0.15, 0.2) is 41.0 Å². The van der Waals surface area contributed by atoms with E-state index in [9.17, 15) is 0 Å². The molecule has 0 spiro atoms. The molecule has 3 rings (SSSR count). The maximum atomic E-state index is 5.41. The third-order valence-corrected chi connectivity index (χ3v) is 3.54. The lowest BCUT2D eigenvalue weighted by atomic mass is 9.95. The summed E-state index contributed by atoms with van der Waals surface area (Å²) in [4.78, 5) is 2.45. The van der Waals surface area contributed by atoms with Crippen LogP contribution in [0.2, 0.25) is 0 Å². The minimum absolute atomic E-state index is 0.917. The van der Waals surface area contributed by atoms with Crippen LogP contribution in [0.4, 0.5) is 0 Å². The van der Waals surface area contributed by atoms with E-state index in [-0.39, 0.29) is 0 Å². The molecular weight excluding hydrogens is 234 g/mol. The van der Waals surface area contributed by atoms with Gasteiger partial charge in [0.25, 0.3) is 0 Å². The molecule has 2 heteroatoms. The Balaban J connectivity index is 0.000000637. The molecule has 1 aromatic heterocycles. The third kappa shape index (κ3) is 3.27. The van der Waals surface area contributed by atoms with Gasteiger partial charge in [0.05, 0.1) is 12.8 Å². The molecule has 0 amide bonds. The zero-order valence-corrected chi connectivity index (χ0v) is 12.1. The summed E-state index contributed by atoms with van der Waals surface area (Å²) in [6.07, 6.45) is 2.90. The zero-order chi connectivity index (χ0) is 13.7. The van der Waals surface area contributed by atoms with Crippen LogP contribution < -0.4 is 0 Å². The minimum atomic E-state index is 0.917. The Kier molecular flexibility index (Phi) is 4.80. The molecule has 0 atom stereocenters. The minimum Gasteiger partial charge on any atom is -0.468 e. The van der Waals surface area contributed by atoms with E-state index in [2.05, 4.69) is 30.0 Å². The van der Waals surface area contributed by atoms with Crippen LogP contribution >= 0.6 is 0 Å². The maximum Gasteiger partial charge on any atom is 0.117 e. The van der Waals surface area contributed by atoms with Crippen LogP contribution in [-0.4, -0.2) is 11.4 Å². The molecule has 0 N–H and O–H groups in total. The first kappa shape index (κ1) is 13.9. The molecule has 0 saturated carbocycles. The van der Waals surface area contributed by atoms with Crippen LogP contribution in [0.25, 0.3) is 0 Å². The van der Waals surface area contributed by atoms with Crippen LogP contribution in [0, 0.1) is 6.92 Å². The second-order valence-electron chi connectivity index (χ2n) is 4.75. The second kappa shape index (κ2) is 6.58. The van der Waals surface area contributed by atoms with E-state index >= 15 is 0 Å². The molecule has 0 bridgehead atoms. The van der Waals surface area contributed by atoms with Crippen LogP contribution in [0.3, 0.4) is 0 Å². The molecule has 19 heavy (non-hydrogen) atoms. The zero-order valence-electron chi connectivity index (χ0n) is 12.1. The molecule has 0 saturated heterocycles. The molecule has 2 aromatic rings. The van der Waals surface area contributed by atoms with Gasteiger partial charge in [0, 0.05) is 13.1 Å². The number of nitrogens with zero attached hydrogens (tertiary/aromatic N) is 1. The number of hydrogen-bond acceptors (Lipinski definition) is 2. The van der Waals surface area contributed by atoms with Crippen molar-refractivity contribution < 1.29 is 4.42 Å². The fraction of sp³-hybridized carbons (Fsp3) is 0.412. The molecule has 0 aliphatic carbocycles. The monoisotopic (exact) mass is 257 g/mol. The van der Waals surface area contributed by atoms with Gasteiger partial charge in [-0.1, -0.05) is 32.0 Å². The molecule has 2 nitrogen and oxygen atoms in total. The average molecular weight is 257 g/mol. The Morgan fingerprint density at radius 1 is 1.16 bits per heavy atom. The van der Waals surface area contributed by atoms with Gasteiger partial charge in [-0.25, -0.2) is 0 Å². The molecule has 0 fully saturated rings. The molecule has 0 radical (unpaired) electrons. The number of rotatable bonds is 2. The standard InChI is InChI=1S/C15H17NO.C2H6/c1-12-4-2-5-13-10-16(8-7-15(12)13)11-14-6-3-9-17-14;1-2/h2-6,9H,7-8,10-11H2,1H3;1-2H3. The van der Waals surface area contributed by atoms with Gasteiger partial charge in [-0.2, -0.15) is 0 Å². The average Bonchev–Trinajstić information content (AvgIpc) is 2.94. The summed E-state index contributed by atoms with van der Waals surface area (Å²) in [7, 11) is 0. The topological polar surface area (TPSA) is 16.4 Å². The first-order valence-corrected chi connectivity index (χ1v) is 7.15. The molecular formula is C17H23NO. The predicted molar refractivity (Wildman–Crippen MR) is 79.1 cm³/mol. The van der Waals surface area contributed by atoms with E-state index in [4.69, 9.17) is 4.42 Å². The van der Waals surface area contributed by atoms with E-state index in [0.717, 1.165) is 31.8 Å². The number of aryl methyl sites for hydroxylation is 1. The largest absolute Gasteiger partial charge is 0.468 e. The van der Waals surface area contributed by atoms with E-state index in [0.29, 0.717) is 0 Å². The number of fused-ring (bicyclic) bond motifs is 1. The molecule has 2 heterocycles. The summed E-state index contributed by atoms with van der Waals surface area (Å²) >= 11 is 0. The van der Waals surface area contributed by atoms with Crippen molar-refractivity contribution in [3.63, 3.8) is 0 Å². The van der Waals surface area contributed by atoms with Gasteiger partial charge in [-0.05, 0) is 42.2 Å². The highest BCUT2D eigenvalue weighted by atomic mass is 16.3. The lowest BCUT2D eigenvalue weighted by molar-refractivity contribution is 0.225. The maximum absolute atomic E-state index is 5.41. The number of benzene rings is 1. The first-order valence-electron chi connectivity index (χ1n) is 7.15. The van der Waals surface area contributed by atoms with E-state index < -0.39 is 0 Å². The number of furan rings is 1. The Labute approximate surface area is 116 Å². The highest BCUT2D eigenvalue weighted by molar-refractivity contribution is 5.36. The van der Waals surface area contributed by atoms with Crippen molar-refractivity contribution in [2.45, 2.75) is 40.3 Å².